The van der Waals surface area contributed by atoms with Crippen molar-refractivity contribution in [3.05, 3.63) is 47.6 Å². The first kappa shape index (κ1) is 11.8. The first-order chi connectivity index (χ1) is 8.58. The molecule has 18 heavy (non-hydrogen) atoms. The molecule has 92 valence electrons. The molecule has 0 saturated heterocycles. The van der Waals surface area contributed by atoms with E-state index < -0.39 is 23.3 Å². The summed E-state index contributed by atoms with van der Waals surface area (Å²) in [5.74, 6) is -2.92. The number of rotatable bonds is 3. The maximum absolute atomic E-state index is 13.1. The van der Waals surface area contributed by atoms with Crippen molar-refractivity contribution in [2.45, 2.75) is 0 Å². The molecule has 2 rings (SSSR count). The minimum absolute atomic E-state index is 0.0313. The molecule has 1 amide bonds. The summed E-state index contributed by atoms with van der Waals surface area (Å²) in [5, 5.41) is 14.4. The highest BCUT2D eigenvalue weighted by molar-refractivity contribution is 6.02. The van der Waals surface area contributed by atoms with E-state index >= 15 is 0 Å². The van der Waals surface area contributed by atoms with Gasteiger partial charge in [-0.3, -0.25) is 4.79 Å². The third-order valence-corrected chi connectivity index (χ3v) is 2.12. The quantitative estimate of drug-likeness (QED) is 0.865. The lowest BCUT2D eigenvalue weighted by Gasteiger charge is -2.04. The zero-order valence-electron chi connectivity index (χ0n) is 8.88. The molecule has 0 saturated carbocycles. The van der Waals surface area contributed by atoms with Crippen LogP contribution in [0.1, 0.15) is 20.9 Å². The Hall–Kier alpha value is -2.70. The number of hydrogen-bond acceptors (Lipinski definition) is 4. The van der Waals surface area contributed by atoms with E-state index in [-0.39, 0.29) is 11.4 Å². The number of carbonyl (C=O) groups is 2. The molecule has 6 nitrogen and oxygen atoms in total. The van der Waals surface area contributed by atoms with Gasteiger partial charge in [0.1, 0.15) is 5.82 Å². The highest BCUT2D eigenvalue weighted by Crippen LogP contribution is 2.15. The molecule has 0 aliphatic heterocycles. The second kappa shape index (κ2) is 4.66. The number of aromatic nitrogens is 1. The van der Waals surface area contributed by atoms with Crippen LogP contribution in [0, 0.1) is 5.82 Å². The minimum atomic E-state index is -1.41. The maximum Gasteiger partial charge on any atom is 0.338 e. The highest BCUT2D eigenvalue weighted by Gasteiger charge is 2.14. The summed E-state index contributed by atoms with van der Waals surface area (Å²) in [6.45, 7) is 0. The number of anilines is 1. The summed E-state index contributed by atoms with van der Waals surface area (Å²) in [5.41, 5.74) is -0.374. The molecule has 0 fully saturated rings. The SMILES string of the molecule is O=C(Nc1ccc(F)c(C(=O)O)c1)c1ccno1. The number of nitrogens with zero attached hydrogens (tertiary/aromatic N) is 1. The van der Waals surface area contributed by atoms with Crippen molar-refractivity contribution in [1.82, 2.24) is 5.16 Å². The fourth-order valence-corrected chi connectivity index (χ4v) is 1.29. The van der Waals surface area contributed by atoms with Crippen LogP contribution in [-0.4, -0.2) is 22.1 Å². The molecule has 1 aromatic carbocycles. The first-order valence-electron chi connectivity index (χ1n) is 4.83. The van der Waals surface area contributed by atoms with E-state index in [4.69, 9.17) is 5.11 Å². The summed E-state index contributed by atoms with van der Waals surface area (Å²) in [6.07, 6.45) is 1.29. The number of halogens is 1. The van der Waals surface area contributed by atoms with Gasteiger partial charge in [-0.15, -0.1) is 0 Å². The van der Waals surface area contributed by atoms with Crippen LogP contribution in [0.2, 0.25) is 0 Å². The van der Waals surface area contributed by atoms with Gasteiger partial charge in [0.2, 0.25) is 5.76 Å². The van der Waals surface area contributed by atoms with Crippen LogP contribution in [-0.2, 0) is 0 Å². The molecule has 0 unspecified atom stereocenters. The van der Waals surface area contributed by atoms with E-state index in [1.807, 2.05) is 0 Å². The van der Waals surface area contributed by atoms with E-state index in [0.717, 1.165) is 12.1 Å². The Morgan fingerprint density at radius 1 is 1.33 bits per heavy atom. The Kier molecular flexibility index (Phi) is 3.05. The Morgan fingerprint density at radius 3 is 2.72 bits per heavy atom. The van der Waals surface area contributed by atoms with E-state index in [9.17, 15) is 14.0 Å². The van der Waals surface area contributed by atoms with Gasteiger partial charge in [-0.25, -0.2) is 9.18 Å². The van der Waals surface area contributed by atoms with Crippen molar-refractivity contribution in [1.29, 1.82) is 0 Å². The van der Waals surface area contributed by atoms with Crippen LogP contribution in [0.3, 0.4) is 0 Å². The second-order valence-electron chi connectivity index (χ2n) is 3.33. The van der Waals surface area contributed by atoms with Crippen LogP contribution in [0.4, 0.5) is 10.1 Å². The number of aromatic carboxylic acids is 1. The number of carboxylic acid groups (broad SMARTS) is 1. The van der Waals surface area contributed by atoms with Gasteiger partial charge in [-0.2, -0.15) is 0 Å². The summed E-state index contributed by atoms with van der Waals surface area (Å²) < 4.78 is 17.7. The number of carbonyl (C=O) groups excluding carboxylic acids is 1. The average Bonchev–Trinajstić information content (AvgIpc) is 2.85. The van der Waals surface area contributed by atoms with Crippen molar-refractivity contribution in [3.63, 3.8) is 0 Å². The van der Waals surface area contributed by atoms with Crippen molar-refractivity contribution >= 4 is 17.6 Å². The number of amides is 1. The Morgan fingerprint density at radius 2 is 2.11 bits per heavy atom. The Labute approximate surface area is 100 Å². The summed E-state index contributed by atoms with van der Waals surface area (Å²) in [6, 6.07) is 4.57. The summed E-state index contributed by atoms with van der Waals surface area (Å²) in [7, 11) is 0. The van der Waals surface area contributed by atoms with E-state index in [2.05, 4.69) is 15.0 Å². The lowest BCUT2D eigenvalue weighted by molar-refractivity contribution is 0.0691. The van der Waals surface area contributed by atoms with Crippen LogP contribution < -0.4 is 5.32 Å². The lowest BCUT2D eigenvalue weighted by atomic mass is 10.2. The van der Waals surface area contributed by atoms with Crippen molar-refractivity contribution in [2.24, 2.45) is 0 Å². The van der Waals surface area contributed by atoms with Crippen molar-refractivity contribution in [3.8, 4) is 0 Å². The minimum Gasteiger partial charge on any atom is -0.478 e. The average molecular weight is 250 g/mol. The van der Waals surface area contributed by atoms with Gasteiger partial charge in [-0.05, 0) is 18.2 Å². The second-order valence-corrected chi connectivity index (χ2v) is 3.33. The standard InChI is InChI=1S/C11H7FN2O4/c12-8-2-1-6(5-7(8)11(16)17)14-10(15)9-3-4-13-18-9/h1-5H,(H,14,15)(H,16,17). The molecule has 2 aromatic rings. The van der Waals surface area contributed by atoms with Gasteiger partial charge in [0.25, 0.3) is 5.91 Å². The molecule has 1 heterocycles. The van der Waals surface area contributed by atoms with Crippen LogP contribution >= 0.6 is 0 Å². The highest BCUT2D eigenvalue weighted by atomic mass is 19.1. The first-order valence-corrected chi connectivity index (χ1v) is 4.83. The summed E-state index contributed by atoms with van der Waals surface area (Å²) >= 11 is 0. The van der Waals surface area contributed by atoms with Crippen LogP contribution in [0.15, 0.2) is 35.0 Å². The molecule has 1 aromatic heterocycles. The molecule has 2 N–H and O–H groups in total. The Bertz CT molecular complexity index is 595. The fraction of sp³-hybridized carbons (Fsp3) is 0. The molecule has 0 aliphatic rings. The molecule has 7 heteroatoms. The molecule has 0 spiro atoms. The maximum atomic E-state index is 13.1. The summed E-state index contributed by atoms with van der Waals surface area (Å²) in [4.78, 5) is 22.3. The zero-order chi connectivity index (χ0) is 13.1. The predicted molar refractivity (Wildman–Crippen MR) is 57.8 cm³/mol. The van der Waals surface area contributed by atoms with Crippen LogP contribution in [0.5, 0.6) is 0 Å². The molecular formula is C11H7FN2O4. The lowest BCUT2D eigenvalue weighted by Crippen LogP contribution is -2.12. The molecular weight excluding hydrogens is 243 g/mol. The van der Waals surface area contributed by atoms with Gasteiger partial charge < -0.3 is 14.9 Å². The monoisotopic (exact) mass is 250 g/mol. The van der Waals surface area contributed by atoms with Crippen LogP contribution in [0.25, 0.3) is 0 Å². The normalized spacial score (nSPS) is 10.1. The van der Waals surface area contributed by atoms with Crippen molar-refractivity contribution in [2.75, 3.05) is 5.32 Å². The molecule has 0 bridgehead atoms. The largest absolute Gasteiger partial charge is 0.478 e. The number of nitrogens with one attached hydrogen (secondary N) is 1. The number of hydrogen-bond donors (Lipinski definition) is 2. The van der Waals surface area contributed by atoms with Gasteiger partial charge in [-0.1, -0.05) is 5.16 Å². The smallest absolute Gasteiger partial charge is 0.338 e. The predicted octanol–water partition coefficient (Wildman–Crippen LogP) is 1.76. The van der Waals surface area contributed by atoms with Gasteiger partial charge in [0.15, 0.2) is 0 Å². The fourth-order valence-electron chi connectivity index (χ4n) is 1.29. The third-order valence-electron chi connectivity index (χ3n) is 2.12. The molecule has 0 atom stereocenters. The molecule has 0 radical (unpaired) electrons. The number of carboxylic acids is 1. The molecule has 0 aliphatic carbocycles. The van der Waals surface area contributed by atoms with Gasteiger partial charge in [0.05, 0.1) is 11.8 Å². The van der Waals surface area contributed by atoms with Crippen molar-refractivity contribution < 1.29 is 23.6 Å². The van der Waals surface area contributed by atoms with Gasteiger partial charge in [0, 0.05) is 11.8 Å². The Balaban J connectivity index is 2.22. The zero-order valence-corrected chi connectivity index (χ0v) is 8.88. The van der Waals surface area contributed by atoms with Gasteiger partial charge >= 0.3 is 5.97 Å². The van der Waals surface area contributed by atoms with E-state index in [1.54, 1.807) is 0 Å². The van der Waals surface area contributed by atoms with E-state index in [1.165, 1.54) is 18.3 Å². The number of benzene rings is 1. The third kappa shape index (κ3) is 2.34. The van der Waals surface area contributed by atoms with E-state index in [0.29, 0.717) is 0 Å². The topological polar surface area (TPSA) is 92.4 Å².